The Labute approximate surface area is 193 Å². The number of nitro benzene ring substituents is 2. The van der Waals surface area contributed by atoms with Crippen molar-refractivity contribution in [3.8, 4) is 11.1 Å². The average Bonchev–Trinajstić information content (AvgIpc) is 2.70. The molecule has 3 aromatic carbocycles. The number of nitro groups is 2. The predicted octanol–water partition coefficient (Wildman–Crippen LogP) is 5.61. The molecule has 32 heavy (non-hydrogen) atoms. The van der Waals surface area contributed by atoms with Crippen molar-refractivity contribution in [2.45, 2.75) is 13.8 Å². The maximum absolute atomic E-state index is 11.1. The van der Waals surface area contributed by atoms with Crippen LogP contribution in [0.15, 0.2) is 65.1 Å². The summed E-state index contributed by atoms with van der Waals surface area (Å²) in [6.45, 7) is 3.39. The monoisotopic (exact) mass is 521 g/mol. The third-order valence-corrected chi connectivity index (χ3v) is 5.39. The summed E-state index contributed by atoms with van der Waals surface area (Å²) in [6, 6.07) is 16.6. The number of nitrogens with one attached hydrogen (secondary N) is 1. The second-order valence-corrected chi connectivity index (χ2v) is 9.56. The average molecular weight is 522 g/mol. The molecule has 0 aliphatic rings. The smallest absolute Gasteiger partial charge is 0.273 e. The van der Waals surface area contributed by atoms with Crippen LogP contribution < -0.4 is 4.72 Å². The predicted molar refractivity (Wildman–Crippen MR) is 127 cm³/mol. The van der Waals surface area contributed by atoms with Crippen LogP contribution in [-0.4, -0.2) is 24.5 Å². The number of anilines is 1. The largest absolute Gasteiger partial charge is 0.284 e. The molecule has 11 heteroatoms. The van der Waals surface area contributed by atoms with Crippen molar-refractivity contribution in [1.29, 1.82) is 0 Å². The molecule has 0 aromatic heterocycles. The molecule has 0 fully saturated rings. The highest BCUT2D eigenvalue weighted by Crippen LogP contribution is 2.28. The van der Waals surface area contributed by atoms with Gasteiger partial charge in [0.1, 0.15) is 0 Å². The quantitative estimate of drug-likeness (QED) is 0.342. The van der Waals surface area contributed by atoms with Gasteiger partial charge in [-0.05, 0) is 43.2 Å². The van der Waals surface area contributed by atoms with Gasteiger partial charge in [-0.25, -0.2) is 8.42 Å². The number of hydrogen-bond donors (Lipinski definition) is 1. The molecule has 3 aromatic rings. The van der Waals surface area contributed by atoms with Crippen LogP contribution in [0.3, 0.4) is 0 Å². The van der Waals surface area contributed by atoms with E-state index in [0.29, 0.717) is 22.4 Å². The Morgan fingerprint density at radius 1 is 0.781 bits per heavy atom. The lowest BCUT2D eigenvalue weighted by atomic mass is 10.0. The van der Waals surface area contributed by atoms with E-state index in [4.69, 9.17) is 0 Å². The van der Waals surface area contributed by atoms with Gasteiger partial charge >= 0.3 is 0 Å². The molecule has 0 radical (unpaired) electrons. The summed E-state index contributed by atoms with van der Waals surface area (Å²) < 4.78 is 25.3. The summed E-state index contributed by atoms with van der Waals surface area (Å²) in [7, 11) is -3.32. The molecule has 3 rings (SSSR count). The molecule has 0 unspecified atom stereocenters. The number of aryl methyl sites for hydroxylation is 2. The molecule has 0 amide bonds. The number of hydrogen-bond acceptors (Lipinski definition) is 6. The summed E-state index contributed by atoms with van der Waals surface area (Å²) >= 11 is 3.16. The molecule has 0 atom stereocenters. The zero-order valence-electron chi connectivity index (χ0n) is 17.4. The Morgan fingerprint density at radius 2 is 1.25 bits per heavy atom. The van der Waals surface area contributed by atoms with Crippen molar-refractivity contribution in [3.63, 3.8) is 0 Å². The van der Waals surface area contributed by atoms with Crippen LogP contribution in [0.2, 0.25) is 0 Å². The van der Waals surface area contributed by atoms with Gasteiger partial charge in [-0.3, -0.25) is 25.0 Å². The van der Waals surface area contributed by atoms with Crippen LogP contribution in [-0.2, 0) is 10.0 Å². The lowest BCUT2D eigenvalue weighted by Crippen LogP contribution is -2.09. The normalized spacial score (nSPS) is 10.6. The highest BCUT2D eigenvalue weighted by Gasteiger charge is 2.12. The zero-order chi connectivity index (χ0) is 24.1. The summed E-state index contributed by atoms with van der Waals surface area (Å²) in [6.07, 6.45) is 1.07. The molecule has 1 N–H and O–H groups in total. The molecule has 168 valence electrons. The molecule has 0 heterocycles. The molecule has 0 bridgehead atoms. The minimum atomic E-state index is -3.32. The Kier molecular flexibility index (Phi) is 8.06. The molecule has 0 aliphatic heterocycles. The first-order valence-corrected chi connectivity index (χ1v) is 11.8. The van der Waals surface area contributed by atoms with Crippen molar-refractivity contribution >= 4 is 43.0 Å². The van der Waals surface area contributed by atoms with E-state index in [-0.39, 0.29) is 16.3 Å². The van der Waals surface area contributed by atoms with Crippen LogP contribution in [0.5, 0.6) is 0 Å². The Morgan fingerprint density at radius 3 is 1.72 bits per heavy atom. The summed E-state index contributed by atoms with van der Waals surface area (Å²) in [5.41, 5.74) is 3.42. The first-order chi connectivity index (χ1) is 14.9. The Hall–Kier alpha value is -3.31. The third-order valence-electron chi connectivity index (χ3n) is 4.30. The fourth-order valence-electron chi connectivity index (χ4n) is 2.71. The first kappa shape index (κ1) is 25.0. The highest BCUT2D eigenvalue weighted by molar-refractivity contribution is 9.10. The molecular formula is C21H20BrN3O6S. The van der Waals surface area contributed by atoms with Gasteiger partial charge in [-0.2, -0.15) is 0 Å². The molecule has 9 nitrogen and oxygen atoms in total. The van der Waals surface area contributed by atoms with Gasteiger partial charge in [-0.15, -0.1) is 0 Å². The molecule has 0 aliphatic carbocycles. The van der Waals surface area contributed by atoms with Crippen LogP contribution in [0.4, 0.5) is 17.1 Å². The number of halogens is 1. The third kappa shape index (κ3) is 7.13. The van der Waals surface area contributed by atoms with E-state index >= 15 is 0 Å². The lowest BCUT2D eigenvalue weighted by molar-refractivity contribution is -0.385. The van der Waals surface area contributed by atoms with Crippen molar-refractivity contribution in [2.75, 3.05) is 11.0 Å². The van der Waals surface area contributed by atoms with Crippen molar-refractivity contribution in [3.05, 3.63) is 96.5 Å². The van der Waals surface area contributed by atoms with Crippen molar-refractivity contribution in [2.24, 2.45) is 0 Å². The minimum Gasteiger partial charge on any atom is -0.284 e. The molecule has 0 spiro atoms. The number of nitrogens with zero attached hydrogens (tertiary/aromatic N) is 2. The van der Waals surface area contributed by atoms with Crippen LogP contribution >= 0.6 is 15.9 Å². The molecule has 0 saturated carbocycles. The number of rotatable bonds is 5. The first-order valence-electron chi connectivity index (χ1n) is 9.11. The van der Waals surface area contributed by atoms with Crippen molar-refractivity contribution in [1.82, 2.24) is 0 Å². The van der Waals surface area contributed by atoms with E-state index in [1.54, 1.807) is 62.4 Å². The van der Waals surface area contributed by atoms with Gasteiger partial charge in [0.15, 0.2) is 0 Å². The summed E-state index contributed by atoms with van der Waals surface area (Å²) in [5, 5.41) is 21.3. The van der Waals surface area contributed by atoms with Crippen LogP contribution in [0, 0.1) is 34.1 Å². The lowest BCUT2D eigenvalue weighted by Gasteiger charge is -2.06. The topological polar surface area (TPSA) is 132 Å². The fraction of sp³-hybridized carbons (Fsp3) is 0.143. The van der Waals surface area contributed by atoms with E-state index in [1.165, 1.54) is 12.1 Å². The van der Waals surface area contributed by atoms with Crippen LogP contribution in [0.1, 0.15) is 11.1 Å². The summed E-state index contributed by atoms with van der Waals surface area (Å²) in [4.78, 5) is 20.5. The summed E-state index contributed by atoms with van der Waals surface area (Å²) in [5.74, 6) is 0. The fourth-order valence-corrected chi connectivity index (χ4v) is 3.62. The minimum absolute atomic E-state index is 0.0610. The maximum Gasteiger partial charge on any atom is 0.273 e. The maximum atomic E-state index is 11.1. The standard InChI is InChI=1S/C14H14N2O4S.C7H6BrNO2/c1-10-3-4-12(9-14(10)16(17)18)11-5-7-13(8-6-11)15-21(2,19)20;1-5-2-3-6(8)4-7(5)9(10)11/h3-9,15H,1-2H3;2-4H,1H3. The number of sulfonamides is 1. The van der Waals surface area contributed by atoms with Crippen molar-refractivity contribution < 1.29 is 18.3 Å². The van der Waals surface area contributed by atoms with Gasteiger partial charge in [0.05, 0.1) is 16.1 Å². The van der Waals surface area contributed by atoms with Gasteiger partial charge in [0.2, 0.25) is 10.0 Å². The van der Waals surface area contributed by atoms with E-state index in [1.807, 2.05) is 0 Å². The highest BCUT2D eigenvalue weighted by atomic mass is 79.9. The Bertz CT molecular complexity index is 1260. The van der Waals surface area contributed by atoms with Gasteiger partial charge in [0, 0.05) is 33.4 Å². The van der Waals surface area contributed by atoms with E-state index in [0.717, 1.165) is 16.3 Å². The SMILES string of the molecule is Cc1ccc(-c2ccc(NS(C)(=O)=O)cc2)cc1[N+](=O)[O-].Cc1ccc(Br)cc1[N+](=O)[O-]. The second-order valence-electron chi connectivity index (χ2n) is 6.90. The second kappa shape index (κ2) is 10.3. The van der Waals surface area contributed by atoms with Gasteiger partial charge < -0.3 is 0 Å². The Balaban J connectivity index is 0.000000278. The van der Waals surface area contributed by atoms with Gasteiger partial charge in [0.25, 0.3) is 11.4 Å². The molecular weight excluding hydrogens is 502 g/mol. The number of benzene rings is 3. The molecule has 0 saturated heterocycles. The van der Waals surface area contributed by atoms with E-state index < -0.39 is 14.9 Å². The van der Waals surface area contributed by atoms with Gasteiger partial charge in [-0.1, -0.05) is 46.3 Å². The van der Waals surface area contributed by atoms with E-state index in [9.17, 15) is 28.6 Å². The van der Waals surface area contributed by atoms with Crippen LogP contribution in [0.25, 0.3) is 11.1 Å². The zero-order valence-corrected chi connectivity index (χ0v) is 19.8. The van der Waals surface area contributed by atoms with E-state index in [2.05, 4.69) is 20.7 Å².